The molecule has 1 aromatic carbocycles. The lowest BCUT2D eigenvalue weighted by Crippen LogP contribution is -2.20. The van der Waals surface area contributed by atoms with Crippen LogP contribution in [0.4, 0.5) is 4.39 Å². The van der Waals surface area contributed by atoms with E-state index in [1.165, 1.54) is 17.4 Å². The monoisotopic (exact) mass is 353 g/mol. The number of hydrogen-bond donors (Lipinski definition) is 0. The van der Waals surface area contributed by atoms with E-state index in [-0.39, 0.29) is 23.4 Å². The molecule has 2 heterocycles. The van der Waals surface area contributed by atoms with Crippen molar-refractivity contribution in [2.45, 2.75) is 13.3 Å². The smallest absolute Gasteiger partial charge is 0.345 e. The molecule has 0 atom stereocenters. The first-order chi connectivity index (χ1) is 11.1. The Bertz CT molecular complexity index is 963. The summed E-state index contributed by atoms with van der Waals surface area (Å²) in [6, 6.07) is 2.79. The summed E-state index contributed by atoms with van der Waals surface area (Å²) in [7, 11) is 0. The second-order valence-corrected chi connectivity index (χ2v) is 6.18. The first kappa shape index (κ1) is 16.0. The van der Waals surface area contributed by atoms with E-state index < -0.39 is 17.2 Å². The van der Waals surface area contributed by atoms with E-state index in [9.17, 15) is 14.0 Å². The number of nitrogens with zero attached hydrogens (tertiary/aromatic N) is 1. The highest BCUT2D eigenvalue weighted by molar-refractivity contribution is 7.16. The summed E-state index contributed by atoms with van der Waals surface area (Å²) >= 11 is 6.96. The van der Waals surface area contributed by atoms with Crippen LogP contribution >= 0.6 is 22.9 Å². The molecule has 4 nitrogen and oxygen atoms in total. The van der Waals surface area contributed by atoms with Gasteiger partial charge in [0.2, 0.25) is 5.43 Å². The molecule has 0 unspecified atom stereocenters. The number of alkyl halides is 1. The van der Waals surface area contributed by atoms with Crippen LogP contribution in [0, 0.1) is 5.82 Å². The summed E-state index contributed by atoms with van der Waals surface area (Å²) in [6.07, 6.45) is 2.11. The SMILES string of the molecule is CCOC(=O)c1c(=O)c2cc(F)c(CCCl)cc2n2ccsc12. The number of thiazole rings is 1. The van der Waals surface area contributed by atoms with Gasteiger partial charge >= 0.3 is 5.97 Å². The second-order valence-electron chi connectivity index (χ2n) is 4.90. The predicted octanol–water partition coefficient (Wildman–Crippen LogP) is 3.61. The molecule has 23 heavy (non-hydrogen) atoms. The van der Waals surface area contributed by atoms with Crippen molar-refractivity contribution in [3.05, 3.63) is 50.9 Å². The molecule has 0 amide bonds. The Morgan fingerprint density at radius 3 is 2.91 bits per heavy atom. The van der Waals surface area contributed by atoms with Crippen LogP contribution in [0.15, 0.2) is 28.5 Å². The number of benzene rings is 1. The third-order valence-electron chi connectivity index (χ3n) is 3.56. The van der Waals surface area contributed by atoms with Crippen molar-refractivity contribution in [1.29, 1.82) is 0 Å². The topological polar surface area (TPSA) is 47.8 Å². The number of pyridine rings is 1. The Morgan fingerprint density at radius 2 is 2.22 bits per heavy atom. The number of hydrogen-bond acceptors (Lipinski definition) is 4. The minimum absolute atomic E-state index is 0.0566. The minimum atomic E-state index is -0.690. The van der Waals surface area contributed by atoms with E-state index in [0.29, 0.717) is 22.3 Å². The van der Waals surface area contributed by atoms with Gasteiger partial charge in [-0.15, -0.1) is 22.9 Å². The van der Waals surface area contributed by atoms with E-state index in [1.807, 2.05) is 0 Å². The maximum atomic E-state index is 14.2. The van der Waals surface area contributed by atoms with E-state index in [4.69, 9.17) is 16.3 Å². The third-order valence-corrected chi connectivity index (χ3v) is 4.63. The average Bonchev–Trinajstić information content (AvgIpc) is 2.98. The van der Waals surface area contributed by atoms with Crippen molar-refractivity contribution in [1.82, 2.24) is 4.40 Å². The molecule has 0 bridgehead atoms. The number of fused-ring (bicyclic) bond motifs is 3. The Hall–Kier alpha value is -1.92. The van der Waals surface area contributed by atoms with Gasteiger partial charge in [-0.2, -0.15) is 0 Å². The van der Waals surface area contributed by atoms with E-state index in [1.54, 1.807) is 29.0 Å². The first-order valence-electron chi connectivity index (χ1n) is 7.05. The molecule has 0 saturated heterocycles. The van der Waals surface area contributed by atoms with Gasteiger partial charge < -0.3 is 9.14 Å². The summed E-state index contributed by atoms with van der Waals surface area (Å²) < 4.78 is 20.9. The van der Waals surface area contributed by atoms with Gasteiger partial charge in [-0.1, -0.05) is 0 Å². The number of halogens is 2. The zero-order valence-corrected chi connectivity index (χ0v) is 13.8. The molecule has 120 valence electrons. The fourth-order valence-corrected chi connectivity index (χ4v) is 3.63. The number of aryl methyl sites for hydroxylation is 1. The average molecular weight is 354 g/mol. The van der Waals surface area contributed by atoms with Crippen molar-refractivity contribution in [2.75, 3.05) is 12.5 Å². The minimum Gasteiger partial charge on any atom is -0.462 e. The fourth-order valence-electron chi connectivity index (χ4n) is 2.54. The molecule has 3 rings (SSSR count). The van der Waals surface area contributed by atoms with E-state index in [0.717, 1.165) is 0 Å². The van der Waals surface area contributed by atoms with Crippen LogP contribution in [-0.2, 0) is 11.2 Å². The standard InChI is InChI=1S/C16H13ClFNO3S/c1-2-22-16(21)13-14(20)10-8-11(18)9(3-4-17)7-12(10)19-5-6-23-15(13)19/h5-8H,2-4H2,1H3. The molecule has 7 heteroatoms. The van der Waals surface area contributed by atoms with Crippen molar-refractivity contribution in [2.24, 2.45) is 0 Å². The third kappa shape index (κ3) is 2.62. The van der Waals surface area contributed by atoms with Crippen molar-refractivity contribution in [3.63, 3.8) is 0 Å². The molecule has 0 aliphatic carbocycles. The Morgan fingerprint density at radius 1 is 1.43 bits per heavy atom. The zero-order chi connectivity index (χ0) is 16.6. The lowest BCUT2D eigenvalue weighted by Gasteiger charge is -2.09. The van der Waals surface area contributed by atoms with E-state index >= 15 is 0 Å². The van der Waals surface area contributed by atoms with Crippen molar-refractivity contribution >= 4 is 44.6 Å². The lowest BCUT2D eigenvalue weighted by atomic mass is 10.1. The summed E-state index contributed by atoms with van der Waals surface area (Å²) in [6.45, 7) is 1.83. The van der Waals surface area contributed by atoms with Gasteiger partial charge in [0.1, 0.15) is 16.2 Å². The van der Waals surface area contributed by atoms with Gasteiger partial charge in [0.15, 0.2) is 0 Å². The molecular formula is C16H13ClFNO3S. The number of carbonyl (C=O) groups excluding carboxylic acids is 1. The van der Waals surface area contributed by atoms with Crippen molar-refractivity contribution < 1.29 is 13.9 Å². The summed E-state index contributed by atoms with van der Waals surface area (Å²) in [4.78, 5) is 25.3. The predicted molar refractivity (Wildman–Crippen MR) is 89.4 cm³/mol. The molecule has 0 saturated carbocycles. The molecule has 0 N–H and O–H groups in total. The number of rotatable bonds is 4. The van der Waals surface area contributed by atoms with Gasteiger partial charge in [-0.05, 0) is 31.0 Å². The lowest BCUT2D eigenvalue weighted by molar-refractivity contribution is 0.0527. The highest BCUT2D eigenvalue weighted by atomic mass is 35.5. The maximum Gasteiger partial charge on any atom is 0.345 e. The molecule has 0 aliphatic heterocycles. The van der Waals surface area contributed by atoms with Crippen LogP contribution in [-0.4, -0.2) is 22.9 Å². The summed E-state index contributed by atoms with van der Waals surface area (Å²) in [5.74, 6) is -0.907. The highest BCUT2D eigenvalue weighted by Gasteiger charge is 2.21. The van der Waals surface area contributed by atoms with Gasteiger partial charge in [-0.25, -0.2) is 9.18 Å². The van der Waals surface area contributed by atoms with Gasteiger partial charge in [0.05, 0.1) is 12.1 Å². The summed E-state index contributed by atoms with van der Waals surface area (Å²) in [5.41, 5.74) is 0.424. The van der Waals surface area contributed by atoms with Crippen LogP contribution in [0.1, 0.15) is 22.8 Å². The zero-order valence-electron chi connectivity index (χ0n) is 12.3. The number of ether oxygens (including phenoxy) is 1. The second kappa shape index (κ2) is 6.29. The quantitative estimate of drug-likeness (QED) is 0.531. The highest BCUT2D eigenvalue weighted by Crippen LogP contribution is 2.24. The Labute approximate surface area is 140 Å². The normalized spacial score (nSPS) is 11.3. The van der Waals surface area contributed by atoms with Crippen molar-refractivity contribution in [3.8, 4) is 0 Å². The van der Waals surface area contributed by atoms with Crippen LogP contribution in [0.3, 0.4) is 0 Å². The molecule has 2 aromatic heterocycles. The Kier molecular flexibility index (Phi) is 4.37. The summed E-state index contributed by atoms with van der Waals surface area (Å²) in [5, 5.41) is 1.92. The molecular weight excluding hydrogens is 341 g/mol. The number of esters is 1. The molecule has 0 radical (unpaired) electrons. The fraction of sp³-hybridized carbons (Fsp3) is 0.250. The van der Waals surface area contributed by atoms with Crippen LogP contribution < -0.4 is 5.43 Å². The molecule has 0 aliphatic rings. The maximum absolute atomic E-state index is 14.2. The van der Waals surface area contributed by atoms with Crippen LogP contribution in [0.25, 0.3) is 15.7 Å². The molecule has 3 aromatic rings. The number of carbonyl (C=O) groups is 1. The van der Waals surface area contributed by atoms with E-state index in [2.05, 4.69) is 0 Å². The van der Waals surface area contributed by atoms with Crippen LogP contribution in [0.2, 0.25) is 0 Å². The van der Waals surface area contributed by atoms with Gasteiger partial charge in [-0.3, -0.25) is 4.79 Å². The largest absolute Gasteiger partial charge is 0.462 e. The molecule has 0 spiro atoms. The molecule has 0 fully saturated rings. The first-order valence-corrected chi connectivity index (χ1v) is 8.47. The van der Waals surface area contributed by atoms with Gasteiger partial charge in [0, 0.05) is 22.8 Å². The Balaban J connectivity index is 2.41. The number of aromatic nitrogens is 1. The van der Waals surface area contributed by atoms with Gasteiger partial charge in [0.25, 0.3) is 0 Å². The van der Waals surface area contributed by atoms with Crippen LogP contribution in [0.5, 0.6) is 0 Å².